The maximum absolute atomic E-state index is 12.2. The number of hydrogen-bond acceptors (Lipinski definition) is 3. The van der Waals surface area contributed by atoms with Crippen molar-refractivity contribution in [3.05, 3.63) is 52.7 Å². The molecular formula is C16H19N5O. The van der Waals surface area contributed by atoms with E-state index in [1.165, 1.54) is 0 Å². The third kappa shape index (κ3) is 2.47. The molecule has 0 unspecified atom stereocenters. The Labute approximate surface area is 128 Å². The molecule has 2 N–H and O–H groups in total. The van der Waals surface area contributed by atoms with Gasteiger partial charge in [0, 0.05) is 23.1 Å². The van der Waals surface area contributed by atoms with Gasteiger partial charge in [0.1, 0.15) is 5.65 Å². The van der Waals surface area contributed by atoms with Crippen LogP contribution in [0.4, 0.5) is 0 Å². The molecule has 3 aromatic heterocycles. The van der Waals surface area contributed by atoms with Gasteiger partial charge in [0.25, 0.3) is 5.91 Å². The van der Waals surface area contributed by atoms with Crippen LogP contribution in [0.1, 0.15) is 40.1 Å². The summed E-state index contributed by atoms with van der Waals surface area (Å²) in [5.41, 5.74) is 5.18. The van der Waals surface area contributed by atoms with Crippen molar-refractivity contribution in [3.63, 3.8) is 0 Å². The van der Waals surface area contributed by atoms with E-state index in [1.54, 1.807) is 0 Å². The first kappa shape index (κ1) is 14.3. The quantitative estimate of drug-likeness (QED) is 0.775. The number of carbonyl (C=O) groups is 1. The molecule has 0 saturated heterocycles. The second kappa shape index (κ2) is 5.63. The molecule has 0 spiro atoms. The minimum Gasteiger partial charge on any atom is -0.345 e. The highest BCUT2D eigenvalue weighted by atomic mass is 16.1. The molecule has 1 amide bonds. The van der Waals surface area contributed by atoms with Crippen molar-refractivity contribution in [1.82, 2.24) is 24.9 Å². The van der Waals surface area contributed by atoms with E-state index >= 15 is 0 Å². The highest BCUT2D eigenvalue weighted by Crippen LogP contribution is 2.11. The van der Waals surface area contributed by atoms with Gasteiger partial charge in [-0.15, -0.1) is 0 Å². The van der Waals surface area contributed by atoms with E-state index in [9.17, 15) is 4.79 Å². The average molecular weight is 297 g/mol. The number of aromatic amines is 1. The molecule has 22 heavy (non-hydrogen) atoms. The van der Waals surface area contributed by atoms with Gasteiger partial charge in [0.05, 0.1) is 12.2 Å². The Morgan fingerprint density at radius 2 is 2.18 bits per heavy atom. The molecule has 0 saturated carbocycles. The molecular weight excluding hydrogens is 278 g/mol. The maximum atomic E-state index is 12.2. The first-order chi connectivity index (χ1) is 10.6. The number of nitrogens with zero attached hydrogens (tertiary/aromatic N) is 3. The Hall–Kier alpha value is -2.63. The molecule has 6 heteroatoms. The minimum atomic E-state index is -0.178. The van der Waals surface area contributed by atoms with Crippen LogP contribution >= 0.6 is 0 Å². The summed E-state index contributed by atoms with van der Waals surface area (Å²) >= 11 is 0. The van der Waals surface area contributed by atoms with Crippen LogP contribution in [0.3, 0.4) is 0 Å². The zero-order valence-electron chi connectivity index (χ0n) is 13.0. The lowest BCUT2D eigenvalue weighted by molar-refractivity contribution is 0.0945. The van der Waals surface area contributed by atoms with Gasteiger partial charge < -0.3 is 9.72 Å². The number of imidazole rings is 1. The number of aryl methyl sites for hydroxylation is 2. The highest BCUT2D eigenvalue weighted by molar-refractivity contribution is 5.93. The molecule has 3 aromatic rings. The fraction of sp³-hybridized carbons (Fsp3) is 0.312. The zero-order chi connectivity index (χ0) is 15.7. The Bertz CT molecular complexity index is 830. The molecule has 3 heterocycles. The molecule has 0 bridgehead atoms. The lowest BCUT2D eigenvalue weighted by atomic mass is 10.1. The fourth-order valence-electron chi connectivity index (χ4n) is 2.54. The fourth-order valence-corrected chi connectivity index (χ4v) is 2.54. The van der Waals surface area contributed by atoms with Crippen LogP contribution in [0.5, 0.6) is 0 Å². The zero-order valence-corrected chi connectivity index (χ0v) is 13.0. The van der Waals surface area contributed by atoms with E-state index in [0.717, 1.165) is 34.7 Å². The summed E-state index contributed by atoms with van der Waals surface area (Å²) in [5.74, 6) is -0.178. The summed E-state index contributed by atoms with van der Waals surface area (Å²) in [5, 5.41) is 9.87. The number of hydrogen-bond donors (Lipinski definition) is 2. The van der Waals surface area contributed by atoms with Crippen LogP contribution in [0.25, 0.3) is 5.65 Å². The molecule has 114 valence electrons. The lowest BCUT2D eigenvalue weighted by Crippen LogP contribution is -2.24. The smallest absolute Gasteiger partial charge is 0.272 e. The van der Waals surface area contributed by atoms with E-state index in [2.05, 4.69) is 20.5 Å². The van der Waals surface area contributed by atoms with Crippen molar-refractivity contribution in [2.45, 2.75) is 33.7 Å². The molecule has 3 rings (SSSR count). The van der Waals surface area contributed by atoms with Crippen molar-refractivity contribution < 1.29 is 4.79 Å². The summed E-state index contributed by atoms with van der Waals surface area (Å²) in [6.07, 6.45) is 2.78. The third-order valence-electron chi connectivity index (χ3n) is 3.86. The van der Waals surface area contributed by atoms with Crippen LogP contribution in [0.2, 0.25) is 0 Å². The number of H-pyrrole nitrogens is 1. The first-order valence-corrected chi connectivity index (χ1v) is 7.35. The summed E-state index contributed by atoms with van der Waals surface area (Å²) in [7, 11) is 0. The van der Waals surface area contributed by atoms with Crippen LogP contribution in [-0.2, 0) is 13.0 Å². The van der Waals surface area contributed by atoms with Crippen molar-refractivity contribution in [2.75, 3.05) is 0 Å². The number of rotatable bonds is 4. The monoisotopic (exact) mass is 297 g/mol. The largest absolute Gasteiger partial charge is 0.345 e. The Kier molecular flexibility index (Phi) is 3.66. The predicted octanol–water partition coefficient (Wildman–Crippen LogP) is 2.17. The van der Waals surface area contributed by atoms with Crippen molar-refractivity contribution >= 4 is 11.6 Å². The molecule has 0 aliphatic carbocycles. The van der Waals surface area contributed by atoms with Gasteiger partial charge in [-0.25, -0.2) is 4.98 Å². The summed E-state index contributed by atoms with van der Waals surface area (Å²) in [6.45, 7) is 6.34. The minimum absolute atomic E-state index is 0.178. The second-order valence-corrected chi connectivity index (χ2v) is 5.34. The number of nitrogens with one attached hydrogen (secondary N) is 2. The maximum Gasteiger partial charge on any atom is 0.272 e. The molecule has 0 radical (unpaired) electrons. The Morgan fingerprint density at radius 1 is 1.36 bits per heavy atom. The van der Waals surface area contributed by atoms with E-state index in [0.29, 0.717) is 12.2 Å². The number of fused-ring (bicyclic) bond motifs is 1. The number of aromatic nitrogens is 4. The van der Waals surface area contributed by atoms with Gasteiger partial charge in [-0.2, -0.15) is 5.10 Å². The molecule has 6 nitrogen and oxygen atoms in total. The van der Waals surface area contributed by atoms with Crippen molar-refractivity contribution in [2.24, 2.45) is 0 Å². The van der Waals surface area contributed by atoms with Gasteiger partial charge in [-0.1, -0.05) is 13.0 Å². The molecule has 0 atom stereocenters. The number of pyridine rings is 1. The highest BCUT2D eigenvalue weighted by Gasteiger charge is 2.15. The normalized spacial score (nSPS) is 11.0. The van der Waals surface area contributed by atoms with E-state index in [4.69, 9.17) is 0 Å². The second-order valence-electron chi connectivity index (χ2n) is 5.34. The number of amides is 1. The topological polar surface area (TPSA) is 75.1 Å². The SMILES string of the molecule is CCc1[nH]nc(C(=O)NCc2cn3c(C)cccc3n2)c1C. The lowest BCUT2D eigenvalue weighted by Gasteiger charge is -2.01. The molecule has 0 aliphatic heterocycles. The van der Waals surface area contributed by atoms with E-state index < -0.39 is 0 Å². The van der Waals surface area contributed by atoms with Crippen molar-refractivity contribution in [3.8, 4) is 0 Å². The van der Waals surface area contributed by atoms with Crippen LogP contribution in [0, 0.1) is 13.8 Å². The summed E-state index contributed by atoms with van der Waals surface area (Å²) in [6, 6.07) is 5.94. The summed E-state index contributed by atoms with van der Waals surface area (Å²) in [4.78, 5) is 16.7. The number of carbonyl (C=O) groups excluding carboxylic acids is 1. The third-order valence-corrected chi connectivity index (χ3v) is 3.86. The van der Waals surface area contributed by atoms with Crippen LogP contribution in [0.15, 0.2) is 24.4 Å². The van der Waals surface area contributed by atoms with Gasteiger partial charge in [0.2, 0.25) is 0 Å². The standard InChI is InChI=1S/C16H19N5O/c1-4-13-11(3)15(20-19-13)16(22)17-8-12-9-21-10(2)6-5-7-14(21)18-12/h5-7,9H,4,8H2,1-3H3,(H,17,22)(H,19,20). The van der Waals surface area contributed by atoms with Gasteiger partial charge in [-0.05, 0) is 32.4 Å². The van der Waals surface area contributed by atoms with Gasteiger partial charge in [0.15, 0.2) is 5.69 Å². The van der Waals surface area contributed by atoms with Gasteiger partial charge in [-0.3, -0.25) is 9.89 Å². The van der Waals surface area contributed by atoms with Crippen LogP contribution in [-0.4, -0.2) is 25.5 Å². The average Bonchev–Trinajstić information content (AvgIpc) is 3.09. The van der Waals surface area contributed by atoms with Crippen LogP contribution < -0.4 is 5.32 Å². The Morgan fingerprint density at radius 3 is 2.86 bits per heavy atom. The summed E-state index contributed by atoms with van der Waals surface area (Å²) < 4.78 is 2.01. The first-order valence-electron chi connectivity index (χ1n) is 7.35. The predicted molar refractivity (Wildman–Crippen MR) is 83.8 cm³/mol. The van der Waals surface area contributed by atoms with E-state index in [-0.39, 0.29) is 5.91 Å². The molecule has 0 aromatic carbocycles. The van der Waals surface area contributed by atoms with E-state index in [1.807, 2.05) is 49.6 Å². The Balaban J connectivity index is 1.74. The van der Waals surface area contributed by atoms with Crippen molar-refractivity contribution in [1.29, 1.82) is 0 Å². The molecule has 0 fully saturated rings. The van der Waals surface area contributed by atoms with Gasteiger partial charge >= 0.3 is 0 Å². The molecule has 0 aliphatic rings.